The Morgan fingerprint density at radius 1 is 0.545 bits per heavy atom. The van der Waals surface area contributed by atoms with Crippen molar-refractivity contribution in [1.29, 1.82) is 0 Å². The van der Waals surface area contributed by atoms with Gasteiger partial charge in [0.2, 0.25) is 0 Å². The second-order valence-electron chi connectivity index (χ2n) is 4.58. The van der Waals surface area contributed by atoms with E-state index in [1.54, 1.807) is 12.4 Å². The Hall–Kier alpha value is -3.07. The molecule has 22 heavy (non-hydrogen) atoms. The molecule has 0 fully saturated rings. The third kappa shape index (κ3) is 4.49. The SMILES string of the molecule is NC(=C(N)c1ccccc1)c1ccccc1.c1ccncc1. The third-order valence-corrected chi connectivity index (χ3v) is 3.03. The van der Waals surface area contributed by atoms with E-state index in [0.717, 1.165) is 11.1 Å². The molecule has 0 aliphatic heterocycles. The van der Waals surface area contributed by atoms with Crippen molar-refractivity contribution in [2.75, 3.05) is 0 Å². The summed E-state index contributed by atoms with van der Waals surface area (Å²) < 4.78 is 0. The molecule has 0 radical (unpaired) electrons. The van der Waals surface area contributed by atoms with Crippen LogP contribution in [-0.4, -0.2) is 4.98 Å². The molecule has 0 saturated carbocycles. The minimum atomic E-state index is 0.617. The Kier molecular flexibility index (Phi) is 5.76. The molecule has 0 spiro atoms. The van der Waals surface area contributed by atoms with Crippen LogP contribution in [0.2, 0.25) is 0 Å². The smallest absolute Gasteiger partial charge is 0.0627 e. The number of pyridine rings is 1. The van der Waals surface area contributed by atoms with Crippen LogP contribution in [0.25, 0.3) is 11.4 Å². The van der Waals surface area contributed by atoms with Crippen LogP contribution in [0.15, 0.2) is 91.3 Å². The van der Waals surface area contributed by atoms with E-state index in [0.29, 0.717) is 11.4 Å². The molecule has 4 N–H and O–H groups in total. The van der Waals surface area contributed by atoms with E-state index in [1.807, 2.05) is 78.9 Å². The molecule has 0 atom stereocenters. The number of nitrogens with two attached hydrogens (primary N) is 2. The molecule has 0 unspecified atom stereocenters. The molecule has 1 aromatic heterocycles. The first-order chi connectivity index (χ1) is 10.8. The van der Waals surface area contributed by atoms with Gasteiger partial charge in [-0.15, -0.1) is 0 Å². The van der Waals surface area contributed by atoms with Gasteiger partial charge in [-0.3, -0.25) is 4.98 Å². The highest BCUT2D eigenvalue weighted by molar-refractivity contribution is 5.87. The molecule has 0 aliphatic rings. The van der Waals surface area contributed by atoms with Crippen LogP contribution >= 0.6 is 0 Å². The topological polar surface area (TPSA) is 64.9 Å². The summed E-state index contributed by atoms with van der Waals surface area (Å²) in [4.78, 5) is 3.78. The lowest BCUT2D eigenvalue weighted by atomic mass is 10.1. The monoisotopic (exact) mass is 289 g/mol. The first-order valence-corrected chi connectivity index (χ1v) is 7.00. The van der Waals surface area contributed by atoms with Crippen LogP contribution in [0.5, 0.6) is 0 Å². The maximum Gasteiger partial charge on any atom is 0.0627 e. The van der Waals surface area contributed by atoms with E-state index in [4.69, 9.17) is 11.5 Å². The Morgan fingerprint density at radius 2 is 0.909 bits per heavy atom. The van der Waals surface area contributed by atoms with Gasteiger partial charge in [0.05, 0.1) is 11.4 Å². The van der Waals surface area contributed by atoms with Crippen molar-refractivity contribution < 1.29 is 0 Å². The summed E-state index contributed by atoms with van der Waals surface area (Å²) in [5.41, 5.74) is 15.2. The van der Waals surface area contributed by atoms with Gasteiger partial charge in [-0.25, -0.2) is 0 Å². The maximum atomic E-state index is 6.03. The summed E-state index contributed by atoms with van der Waals surface area (Å²) in [6, 6.07) is 25.2. The molecule has 3 heteroatoms. The second kappa shape index (κ2) is 8.27. The Balaban J connectivity index is 0.000000246. The van der Waals surface area contributed by atoms with Gasteiger partial charge in [0.1, 0.15) is 0 Å². The molecular weight excluding hydrogens is 270 g/mol. The summed E-state index contributed by atoms with van der Waals surface area (Å²) >= 11 is 0. The molecule has 1 heterocycles. The molecule has 0 bridgehead atoms. The van der Waals surface area contributed by atoms with Gasteiger partial charge < -0.3 is 11.5 Å². The molecule has 3 rings (SSSR count). The van der Waals surface area contributed by atoms with Crippen molar-refractivity contribution in [2.24, 2.45) is 11.5 Å². The van der Waals surface area contributed by atoms with Crippen LogP contribution in [0, 0.1) is 0 Å². The van der Waals surface area contributed by atoms with Gasteiger partial charge in [-0.1, -0.05) is 66.7 Å². The standard InChI is InChI=1S/C14H14N2.C5H5N/c15-13(11-7-3-1-4-8-11)14(16)12-9-5-2-6-10-12;1-2-4-6-5-3-1/h1-10H,15-16H2;1-5H. The largest absolute Gasteiger partial charge is 0.397 e. The summed E-state index contributed by atoms with van der Waals surface area (Å²) in [5, 5.41) is 0. The summed E-state index contributed by atoms with van der Waals surface area (Å²) in [5.74, 6) is 0. The van der Waals surface area contributed by atoms with E-state index < -0.39 is 0 Å². The molecule has 3 aromatic rings. The van der Waals surface area contributed by atoms with Gasteiger partial charge in [0.25, 0.3) is 0 Å². The number of nitrogens with zero attached hydrogens (tertiary/aromatic N) is 1. The lowest BCUT2D eigenvalue weighted by Gasteiger charge is -2.07. The lowest BCUT2D eigenvalue weighted by Crippen LogP contribution is -2.07. The molecule has 3 nitrogen and oxygen atoms in total. The van der Waals surface area contributed by atoms with Crippen molar-refractivity contribution >= 4 is 11.4 Å². The van der Waals surface area contributed by atoms with E-state index in [-0.39, 0.29) is 0 Å². The first-order valence-electron chi connectivity index (χ1n) is 7.00. The highest BCUT2D eigenvalue weighted by Gasteiger charge is 2.03. The molecular formula is C19H19N3. The first kappa shape index (κ1) is 15.3. The fourth-order valence-corrected chi connectivity index (χ4v) is 1.86. The van der Waals surface area contributed by atoms with Gasteiger partial charge in [-0.05, 0) is 23.3 Å². The molecule has 110 valence electrons. The van der Waals surface area contributed by atoms with E-state index >= 15 is 0 Å². The van der Waals surface area contributed by atoms with Crippen molar-refractivity contribution in [3.63, 3.8) is 0 Å². The number of rotatable bonds is 2. The summed E-state index contributed by atoms with van der Waals surface area (Å²) in [6.45, 7) is 0. The zero-order valence-electron chi connectivity index (χ0n) is 12.3. The van der Waals surface area contributed by atoms with Crippen LogP contribution in [-0.2, 0) is 0 Å². The number of benzene rings is 2. The van der Waals surface area contributed by atoms with Gasteiger partial charge in [-0.2, -0.15) is 0 Å². The van der Waals surface area contributed by atoms with Gasteiger partial charge >= 0.3 is 0 Å². The fraction of sp³-hybridized carbons (Fsp3) is 0. The third-order valence-electron chi connectivity index (χ3n) is 3.03. The van der Waals surface area contributed by atoms with Gasteiger partial charge in [0.15, 0.2) is 0 Å². The average Bonchev–Trinajstić information content (AvgIpc) is 2.64. The second-order valence-corrected chi connectivity index (χ2v) is 4.58. The predicted molar refractivity (Wildman–Crippen MR) is 92.3 cm³/mol. The minimum Gasteiger partial charge on any atom is -0.397 e. The Labute approximate surface area is 130 Å². The number of hydrogen-bond donors (Lipinski definition) is 2. The number of hydrogen-bond acceptors (Lipinski definition) is 3. The van der Waals surface area contributed by atoms with E-state index in [1.165, 1.54) is 0 Å². The highest BCUT2D eigenvalue weighted by atomic mass is 14.7. The van der Waals surface area contributed by atoms with E-state index in [9.17, 15) is 0 Å². The van der Waals surface area contributed by atoms with Crippen LogP contribution < -0.4 is 11.5 Å². The zero-order valence-corrected chi connectivity index (χ0v) is 12.3. The summed E-state index contributed by atoms with van der Waals surface area (Å²) in [6.07, 6.45) is 3.50. The highest BCUT2D eigenvalue weighted by Crippen LogP contribution is 2.17. The average molecular weight is 289 g/mol. The van der Waals surface area contributed by atoms with Crippen molar-refractivity contribution in [3.05, 3.63) is 102 Å². The molecule has 0 aliphatic carbocycles. The quantitative estimate of drug-likeness (QED) is 0.709. The molecule has 0 amide bonds. The lowest BCUT2D eigenvalue weighted by molar-refractivity contribution is 1.33. The minimum absolute atomic E-state index is 0.617. The van der Waals surface area contributed by atoms with E-state index in [2.05, 4.69) is 4.98 Å². The zero-order chi connectivity index (χ0) is 15.6. The maximum absolute atomic E-state index is 6.03. The molecule has 2 aromatic carbocycles. The Bertz CT molecular complexity index is 618. The fourth-order valence-electron chi connectivity index (χ4n) is 1.86. The molecule has 0 saturated heterocycles. The van der Waals surface area contributed by atoms with Crippen LogP contribution in [0.4, 0.5) is 0 Å². The van der Waals surface area contributed by atoms with Crippen molar-refractivity contribution in [2.45, 2.75) is 0 Å². The van der Waals surface area contributed by atoms with Crippen molar-refractivity contribution in [3.8, 4) is 0 Å². The number of aromatic nitrogens is 1. The van der Waals surface area contributed by atoms with Crippen molar-refractivity contribution in [1.82, 2.24) is 4.98 Å². The van der Waals surface area contributed by atoms with Crippen LogP contribution in [0.1, 0.15) is 11.1 Å². The normalized spacial score (nSPS) is 10.9. The summed E-state index contributed by atoms with van der Waals surface area (Å²) in [7, 11) is 0. The van der Waals surface area contributed by atoms with Gasteiger partial charge in [0, 0.05) is 12.4 Å². The predicted octanol–water partition coefficient (Wildman–Crippen LogP) is 3.51. The Morgan fingerprint density at radius 3 is 1.18 bits per heavy atom. The van der Waals surface area contributed by atoms with Crippen LogP contribution in [0.3, 0.4) is 0 Å².